The van der Waals surface area contributed by atoms with Gasteiger partial charge in [-0.1, -0.05) is 82.7 Å². The lowest BCUT2D eigenvalue weighted by Crippen LogP contribution is -2.33. The number of carboxylic acids is 1. The summed E-state index contributed by atoms with van der Waals surface area (Å²) in [4.78, 5) is 12.6. The molecule has 0 aliphatic carbocycles. The Morgan fingerprint density at radius 1 is 0.879 bits per heavy atom. The van der Waals surface area contributed by atoms with Crippen LogP contribution in [0.25, 0.3) is 0 Å². The van der Waals surface area contributed by atoms with Crippen LogP contribution in [0.1, 0.15) is 81.1 Å². The van der Waals surface area contributed by atoms with Crippen molar-refractivity contribution in [3.05, 3.63) is 59.7 Å². The van der Waals surface area contributed by atoms with Crippen LogP contribution in [0.15, 0.2) is 58.3 Å². The van der Waals surface area contributed by atoms with E-state index in [1.165, 1.54) is 17.8 Å². The molecule has 0 atom stereocenters. The van der Waals surface area contributed by atoms with E-state index in [1.54, 1.807) is 16.4 Å². The van der Waals surface area contributed by atoms with Crippen LogP contribution in [0.2, 0.25) is 0 Å². The first-order valence-corrected chi connectivity index (χ1v) is 14.4. The highest BCUT2D eigenvalue weighted by Gasteiger charge is 2.26. The van der Waals surface area contributed by atoms with Crippen LogP contribution in [0.4, 0.5) is 0 Å². The Hall–Kier alpha value is -1.83. The molecule has 0 fully saturated rings. The van der Waals surface area contributed by atoms with Gasteiger partial charge in [-0.05, 0) is 36.6 Å². The maximum absolute atomic E-state index is 13.5. The van der Waals surface area contributed by atoms with Crippen molar-refractivity contribution in [1.82, 2.24) is 4.31 Å². The molecule has 0 spiro atoms. The second-order valence-corrected chi connectivity index (χ2v) is 11.2. The molecule has 5 nitrogen and oxygen atoms in total. The van der Waals surface area contributed by atoms with E-state index in [1.807, 2.05) is 30.3 Å². The second kappa shape index (κ2) is 14.4. The first kappa shape index (κ1) is 27.4. The molecule has 0 aromatic heterocycles. The van der Waals surface area contributed by atoms with Gasteiger partial charge in [-0.25, -0.2) is 13.2 Å². The molecule has 182 valence electrons. The van der Waals surface area contributed by atoms with Crippen LogP contribution in [-0.4, -0.2) is 36.9 Å². The van der Waals surface area contributed by atoms with E-state index in [-0.39, 0.29) is 10.5 Å². The normalized spacial score (nSPS) is 11.7. The van der Waals surface area contributed by atoms with Crippen molar-refractivity contribution in [1.29, 1.82) is 0 Å². The van der Waals surface area contributed by atoms with Gasteiger partial charge in [-0.2, -0.15) is 4.31 Å². The number of aromatic carboxylic acids is 1. The van der Waals surface area contributed by atoms with Crippen molar-refractivity contribution in [3.8, 4) is 0 Å². The average Bonchev–Trinajstić information content (AvgIpc) is 2.82. The minimum atomic E-state index is -3.75. The minimum absolute atomic E-state index is 0.0360. The quantitative estimate of drug-likeness (QED) is 0.206. The Labute approximate surface area is 203 Å². The fraction of sp³-hybridized carbons (Fsp3) is 0.500. The van der Waals surface area contributed by atoms with Crippen LogP contribution in [0, 0.1) is 0 Å². The summed E-state index contributed by atoms with van der Waals surface area (Å²) in [5.74, 6) is -0.492. The molecule has 0 radical (unpaired) electrons. The molecule has 0 aliphatic heterocycles. The van der Waals surface area contributed by atoms with E-state index in [2.05, 4.69) is 13.8 Å². The van der Waals surface area contributed by atoms with E-state index in [0.717, 1.165) is 56.9 Å². The molecule has 0 amide bonds. The summed E-state index contributed by atoms with van der Waals surface area (Å²) in [7, 11) is -3.75. The molecule has 0 saturated heterocycles. The number of rotatable bonds is 16. The number of carboxylic acid groups (broad SMARTS) is 1. The lowest BCUT2D eigenvalue weighted by molar-refractivity contribution is 0.0693. The summed E-state index contributed by atoms with van der Waals surface area (Å²) in [6.07, 6.45) is 7.97. The van der Waals surface area contributed by atoms with Crippen molar-refractivity contribution in [2.24, 2.45) is 0 Å². The fourth-order valence-electron chi connectivity index (χ4n) is 3.63. The average molecular weight is 492 g/mol. The number of benzene rings is 2. The zero-order valence-corrected chi connectivity index (χ0v) is 21.5. The highest BCUT2D eigenvalue weighted by molar-refractivity contribution is 7.98. The Bertz CT molecular complexity index is 950. The molecule has 0 bridgehead atoms. The SMILES string of the molecule is CCCCCCN(CCCCCC)S(=O)(=O)c1ccc(SCc2ccccc2)c(C(=O)O)c1. The van der Waals surface area contributed by atoms with Crippen LogP contribution < -0.4 is 0 Å². The van der Waals surface area contributed by atoms with Gasteiger partial charge < -0.3 is 5.11 Å². The summed E-state index contributed by atoms with van der Waals surface area (Å²) < 4.78 is 28.5. The highest BCUT2D eigenvalue weighted by Crippen LogP contribution is 2.30. The molecular weight excluding hydrogens is 454 g/mol. The molecule has 2 rings (SSSR count). The van der Waals surface area contributed by atoms with Gasteiger partial charge in [0.25, 0.3) is 0 Å². The van der Waals surface area contributed by atoms with Gasteiger partial charge in [-0.3, -0.25) is 0 Å². The maximum Gasteiger partial charge on any atom is 0.336 e. The number of hydrogen-bond acceptors (Lipinski definition) is 4. The largest absolute Gasteiger partial charge is 0.478 e. The maximum atomic E-state index is 13.5. The van der Waals surface area contributed by atoms with Crippen molar-refractivity contribution < 1.29 is 18.3 Å². The second-order valence-electron chi connectivity index (χ2n) is 8.26. The predicted molar refractivity (Wildman–Crippen MR) is 136 cm³/mol. The van der Waals surface area contributed by atoms with Gasteiger partial charge in [-0.15, -0.1) is 11.8 Å². The van der Waals surface area contributed by atoms with Gasteiger partial charge in [0.2, 0.25) is 10.0 Å². The van der Waals surface area contributed by atoms with Gasteiger partial charge in [0.15, 0.2) is 0 Å². The summed E-state index contributed by atoms with van der Waals surface area (Å²) in [5, 5.41) is 9.77. The third kappa shape index (κ3) is 8.80. The third-order valence-corrected chi connectivity index (χ3v) is 8.62. The molecular formula is C26H37NO4S2. The van der Waals surface area contributed by atoms with E-state index in [0.29, 0.717) is 23.7 Å². The standard InChI is InChI=1S/C26H37NO4S2/c1-3-5-7-12-18-27(19-13-8-6-4-2)33(30,31)23-16-17-25(24(20-23)26(28)29)32-21-22-14-10-9-11-15-22/h9-11,14-17,20H,3-8,12-13,18-19,21H2,1-2H3,(H,28,29). The van der Waals surface area contributed by atoms with Crippen molar-refractivity contribution in [3.63, 3.8) is 0 Å². The summed E-state index contributed by atoms with van der Waals surface area (Å²) >= 11 is 1.41. The van der Waals surface area contributed by atoms with E-state index < -0.39 is 16.0 Å². The van der Waals surface area contributed by atoms with Crippen molar-refractivity contribution in [2.45, 2.75) is 80.8 Å². The molecule has 0 aliphatic rings. The van der Waals surface area contributed by atoms with Crippen LogP contribution in [0.5, 0.6) is 0 Å². The summed E-state index contributed by atoms with van der Waals surface area (Å²) in [6.45, 7) is 5.21. The van der Waals surface area contributed by atoms with Crippen molar-refractivity contribution in [2.75, 3.05) is 13.1 Å². The lowest BCUT2D eigenvalue weighted by atomic mass is 10.2. The van der Waals surface area contributed by atoms with E-state index in [9.17, 15) is 18.3 Å². The Kier molecular flexibility index (Phi) is 12.0. The molecule has 0 unspecified atom stereocenters. The molecule has 0 saturated carbocycles. The predicted octanol–water partition coefficient (Wildman–Crippen LogP) is 6.83. The molecule has 2 aromatic rings. The van der Waals surface area contributed by atoms with E-state index >= 15 is 0 Å². The van der Waals surface area contributed by atoms with Crippen LogP contribution in [0.3, 0.4) is 0 Å². The monoisotopic (exact) mass is 491 g/mol. The van der Waals surface area contributed by atoms with Gasteiger partial charge in [0.1, 0.15) is 0 Å². The Morgan fingerprint density at radius 3 is 2.03 bits per heavy atom. The van der Waals surface area contributed by atoms with Gasteiger partial charge >= 0.3 is 5.97 Å². The number of thioether (sulfide) groups is 1. The number of unbranched alkanes of at least 4 members (excludes halogenated alkanes) is 6. The first-order chi connectivity index (χ1) is 15.9. The Balaban J connectivity index is 2.22. The van der Waals surface area contributed by atoms with Gasteiger partial charge in [0, 0.05) is 23.7 Å². The number of carbonyl (C=O) groups is 1. The topological polar surface area (TPSA) is 74.7 Å². The Morgan fingerprint density at radius 2 is 1.48 bits per heavy atom. The van der Waals surface area contributed by atoms with Crippen molar-refractivity contribution >= 4 is 27.8 Å². The molecule has 33 heavy (non-hydrogen) atoms. The zero-order chi connectivity index (χ0) is 24.1. The smallest absolute Gasteiger partial charge is 0.336 e. The zero-order valence-electron chi connectivity index (χ0n) is 19.8. The molecule has 2 aromatic carbocycles. The number of sulfonamides is 1. The summed E-state index contributed by atoms with van der Waals surface area (Å²) in [5.41, 5.74) is 1.12. The van der Waals surface area contributed by atoms with Gasteiger partial charge in [0.05, 0.1) is 10.5 Å². The minimum Gasteiger partial charge on any atom is -0.478 e. The highest BCUT2D eigenvalue weighted by atomic mass is 32.2. The summed E-state index contributed by atoms with van der Waals surface area (Å²) in [6, 6.07) is 14.3. The fourth-order valence-corrected chi connectivity index (χ4v) is 6.15. The first-order valence-electron chi connectivity index (χ1n) is 11.9. The molecule has 1 N–H and O–H groups in total. The third-order valence-electron chi connectivity index (χ3n) is 5.58. The number of nitrogens with zero attached hydrogens (tertiary/aromatic N) is 1. The van der Waals surface area contributed by atoms with Crippen LogP contribution in [-0.2, 0) is 15.8 Å². The van der Waals surface area contributed by atoms with Crippen LogP contribution >= 0.6 is 11.8 Å². The van der Waals surface area contributed by atoms with E-state index in [4.69, 9.17) is 0 Å². The molecule has 0 heterocycles. The lowest BCUT2D eigenvalue weighted by Gasteiger charge is -2.23. The number of hydrogen-bond donors (Lipinski definition) is 1. The molecule has 7 heteroatoms.